The molecule has 0 saturated heterocycles. The van der Waals surface area contributed by atoms with E-state index in [0.717, 1.165) is 94.7 Å². The van der Waals surface area contributed by atoms with Crippen molar-refractivity contribution in [1.82, 2.24) is 19.1 Å². The number of rotatable bonds is 23. The summed E-state index contributed by atoms with van der Waals surface area (Å²) in [5, 5.41) is 4.47. The molecule has 2 aliphatic heterocycles. The molecule has 0 atom stereocenters. The van der Waals surface area contributed by atoms with Gasteiger partial charge in [-0.2, -0.15) is 12.1 Å². The molecular weight excluding hydrogens is 2130 g/mol. The Kier molecular flexibility index (Phi) is 29.3. The van der Waals surface area contributed by atoms with Crippen molar-refractivity contribution in [3.05, 3.63) is 457 Å². The fourth-order valence-electron chi connectivity index (χ4n) is 20.4. The van der Waals surface area contributed by atoms with Crippen LogP contribution in [-0.2, 0) is 74.6 Å². The van der Waals surface area contributed by atoms with Crippen molar-refractivity contribution in [2.45, 2.75) is 215 Å². The minimum atomic E-state index is -0.259. The second-order valence-corrected chi connectivity index (χ2v) is 44.7. The SMILES string of the molecule is CC(C)c1cccc(C(C)C)c1-c1cc(Oc2[c-]c3c(cc2)c2cc(-c4ccccc4)ccc2n3-c2cc(C(C)(C)C)ccn2)[c-]c(N2C=CN(c3cccc(C(C)(C)c4ccccc4)c3)[CH-]2)c1.CC(C)c1cccc(C(C)C)c1-c1cc(Oc2[c-]c3c(cc2)c2cc(C(C)(C)C)ccc2n3-c2cc(C(C)(C)C)ccn2)[c-]c(N2C=CN(c3cc(C(C)(C)c4ccccc4)cc(C(C)(C)c4ccccc4)c3)[CH-]2)c1.[Pt].[Pt]. The second kappa shape index (κ2) is 41.3. The maximum atomic E-state index is 7.07. The number of fused-ring (bicyclic) bond motifs is 6. The summed E-state index contributed by atoms with van der Waals surface area (Å²) in [4.78, 5) is 18.7. The molecule has 0 unspecified atom stereocenters. The predicted octanol–water partition coefficient (Wildman–Crippen LogP) is 35.3. The maximum Gasteiger partial charge on any atom is 0.135 e. The summed E-state index contributed by atoms with van der Waals surface area (Å²) < 4.78 is 18.5. The van der Waals surface area contributed by atoms with Crippen LogP contribution in [0.3, 0.4) is 0 Å². The molecule has 18 aromatic rings. The zero-order chi connectivity index (χ0) is 101. The molecule has 742 valence electrons. The fourth-order valence-corrected chi connectivity index (χ4v) is 20.4. The average molecular weight is 2260 g/mol. The van der Waals surface area contributed by atoms with Crippen molar-refractivity contribution in [2.75, 3.05) is 19.6 Å². The summed E-state index contributed by atoms with van der Waals surface area (Å²) in [6.07, 6.45) is 12.4. The van der Waals surface area contributed by atoms with E-state index in [4.69, 9.17) is 19.4 Å². The van der Waals surface area contributed by atoms with Gasteiger partial charge in [0.05, 0.1) is 0 Å². The Morgan fingerprint density at radius 1 is 0.262 bits per heavy atom. The van der Waals surface area contributed by atoms with Crippen LogP contribution < -0.4 is 29.1 Å². The molecule has 6 heterocycles. The van der Waals surface area contributed by atoms with E-state index < -0.39 is 0 Å². The number of pyridine rings is 2. The average Bonchev–Trinajstić information content (AvgIpc) is 1.58. The first-order valence-electron chi connectivity index (χ1n) is 50.7. The second-order valence-electron chi connectivity index (χ2n) is 44.7. The smallest absolute Gasteiger partial charge is 0.135 e. The summed E-state index contributed by atoms with van der Waals surface area (Å²) in [6.45, 7) is 56.7. The number of anilines is 4. The summed E-state index contributed by atoms with van der Waals surface area (Å²) in [6, 6.07) is 127. The molecule has 0 amide bonds. The van der Waals surface area contributed by atoms with Gasteiger partial charge in [0.15, 0.2) is 0 Å². The van der Waals surface area contributed by atoms with Gasteiger partial charge in [0.25, 0.3) is 0 Å². The first-order valence-corrected chi connectivity index (χ1v) is 50.7. The van der Waals surface area contributed by atoms with E-state index in [0.29, 0.717) is 46.7 Å². The van der Waals surface area contributed by atoms with E-state index in [1.807, 2.05) is 18.5 Å². The molecule has 2 aliphatic rings. The number of ether oxygens (including phenoxy) is 2. The summed E-state index contributed by atoms with van der Waals surface area (Å²) in [5.41, 5.74) is 30.5. The molecule has 12 heteroatoms. The normalized spacial score (nSPS) is 13.2. The van der Waals surface area contributed by atoms with Gasteiger partial charge in [-0.3, -0.25) is 0 Å². The maximum absolute atomic E-state index is 7.07. The monoisotopic (exact) mass is 2260 g/mol. The van der Waals surface area contributed by atoms with Crippen LogP contribution >= 0.6 is 0 Å². The Labute approximate surface area is 889 Å². The van der Waals surface area contributed by atoms with E-state index >= 15 is 0 Å². The third kappa shape index (κ3) is 21.0. The van der Waals surface area contributed by atoms with E-state index in [1.54, 1.807) is 0 Å². The van der Waals surface area contributed by atoms with Gasteiger partial charge in [0.1, 0.15) is 11.6 Å². The van der Waals surface area contributed by atoms with E-state index in [1.165, 1.54) is 89.0 Å². The summed E-state index contributed by atoms with van der Waals surface area (Å²) >= 11 is 0. The molecule has 0 fully saturated rings. The van der Waals surface area contributed by atoms with Gasteiger partial charge in [-0.15, -0.1) is 107 Å². The topological polar surface area (TPSA) is 67.1 Å². The molecule has 20 rings (SSSR count). The standard InChI is InChI=1S/C70H73N4O.C63H59N4O.2Pt/c1-46(2)59-26-21-27-60(47(3)4)66(59)48-36-55(72-34-35-73(45-72)56-39-53(69(11,12)49-22-17-15-18-23-49)38-54(40-56)70(13,14)50-24-19-16-20-25-50)43-58(37-48)75-57-29-30-61-62-41-51(67(5,6)7)28-31-63(62)74(64(61)44-57)65-42-52(32-33-71-65)68(8,9)10;1-42(2)54-24-17-25-55(43(3)4)61(54)46-34-51(66-33-32-65(41-66)50-23-16-22-49(37-50)63(8,9)47-20-14-11-15-21-47)39-53(35-46)68-52-27-28-56-57-36-45(44-18-12-10-13-19-44)26-29-58(57)67(59(56)40-52)60-38-48(30-31-64-60)62(5,6)7;;/h15-42,45-47H,1-14H3;10-38,41-43H,1-9H3;;/q2*-3;;. The van der Waals surface area contributed by atoms with Crippen LogP contribution in [0, 0.1) is 37.6 Å². The number of hydrogen-bond donors (Lipinski definition) is 0. The molecule has 10 nitrogen and oxygen atoms in total. The Bertz CT molecular complexity index is 7710. The van der Waals surface area contributed by atoms with Crippen molar-refractivity contribution in [2.24, 2.45) is 0 Å². The molecule has 14 aromatic carbocycles. The van der Waals surface area contributed by atoms with Gasteiger partial charge in [-0.1, -0.05) is 370 Å². The van der Waals surface area contributed by atoms with Crippen LogP contribution in [0.2, 0.25) is 0 Å². The Morgan fingerprint density at radius 3 is 1.03 bits per heavy atom. The van der Waals surface area contributed by atoms with Crippen molar-refractivity contribution in [3.63, 3.8) is 0 Å². The number of benzene rings is 14. The quantitative estimate of drug-likeness (QED) is 0.0587. The fraction of sp³-hybridized carbons (Fsp3) is 0.248. The van der Waals surface area contributed by atoms with Crippen LogP contribution in [0.25, 0.3) is 88.6 Å². The van der Waals surface area contributed by atoms with Crippen LogP contribution in [0.1, 0.15) is 255 Å². The molecular formula is C133H132N8O2Pt2-6. The molecule has 0 aliphatic carbocycles. The largest absolute Gasteiger partial charge is 0.509 e. The summed E-state index contributed by atoms with van der Waals surface area (Å²) in [7, 11) is 0. The molecule has 4 aromatic heterocycles. The Balaban J connectivity index is 0.000000197. The number of nitrogens with zero attached hydrogens (tertiary/aromatic N) is 8. The van der Waals surface area contributed by atoms with Gasteiger partial charge in [0, 0.05) is 116 Å². The van der Waals surface area contributed by atoms with Gasteiger partial charge >= 0.3 is 0 Å². The van der Waals surface area contributed by atoms with Gasteiger partial charge in [0.2, 0.25) is 0 Å². The van der Waals surface area contributed by atoms with Crippen molar-refractivity contribution >= 4 is 66.4 Å². The first-order chi connectivity index (χ1) is 68.3. The zero-order valence-electron chi connectivity index (χ0n) is 87.9. The first kappa shape index (κ1) is 103. The zero-order valence-corrected chi connectivity index (χ0v) is 92.4. The Hall–Kier alpha value is -13.4. The van der Waals surface area contributed by atoms with Crippen molar-refractivity contribution in [1.29, 1.82) is 0 Å². The van der Waals surface area contributed by atoms with Crippen LogP contribution in [0.5, 0.6) is 23.0 Å². The number of hydrogen-bond acceptors (Lipinski definition) is 8. The van der Waals surface area contributed by atoms with Crippen molar-refractivity contribution in [3.8, 4) is 68.0 Å². The van der Waals surface area contributed by atoms with Gasteiger partial charge < -0.3 is 38.2 Å². The number of aromatic nitrogens is 4. The van der Waals surface area contributed by atoms with E-state index in [9.17, 15) is 0 Å². The predicted molar refractivity (Wildman–Crippen MR) is 600 cm³/mol. The third-order valence-corrected chi connectivity index (χ3v) is 29.2. The van der Waals surface area contributed by atoms with Crippen LogP contribution in [0.4, 0.5) is 22.7 Å². The van der Waals surface area contributed by atoms with E-state index in [2.05, 4.69) is 554 Å². The van der Waals surface area contributed by atoms with Crippen molar-refractivity contribution < 1.29 is 51.6 Å². The molecule has 0 radical (unpaired) electrons. The van der Waals surface area contributed by atoms with E-state index in [-0.39, 0.29) is 74.6 Å². The van der Waals surface area contributed by atoms with Crippen LogP contribution in [0.15, 0.2) is 347 Å². The molecule has 0 bridgehead atoms. The van der Waals surface area contributed by atoms with Gasteiger partial charge in [-0.25, -0.2) is 9.97 Å². The Morgan fingerprint density at radius 2 is 0.621 bits per heavy atom. The molecule has 0 spiro atoms. The molecule has 0 saturated carbocycles. The minimum absolute atomic E-state index is 0. The molecule has 145 heavy (non-hydrogen) atoms. The summed E-state index contributed by atoms with van der Waals surface area (Å²) in [5.74, 6) is 5.33. The minimum Gasteiger partial charge on any atom is -0.509 e. The molecule has 0 N–H and O–H groups in total. The van der Waals surface area contributed by atoms with Crippen LogP contribution in [-0.4, -0.2) is 19.1 Å². The third-order valence-electron chi connectivity index (χ3n) is 29.2. The van der Waals surface area contributed by atoms with Gasteiger partial charge in [-0.05, 0) is 231 Å².